The molecule has 1 atom stereocenters. The lowest BCUT2D eigenvalue weighted by Gasteiger charge is -2.39. The molecule has 0 unspecified atom stereocenters. The number of halogens is 5. The molecule has 0 bridgehead atoms. The summed E-state index contributed by atoms with van der Waals surface area (Å²) in [5.41, 5.74) is 0.132. The molecule has 182 valence electrons. The highest BCUT2D eigenvalue weighted by molar-refractivity contribution is 5.99. The van der Waals surface area contributed by atoms with Crippen molar-refractivity contribution >= 4 is 17.6 Å². The van der Waals surface area contributed by atoms with E-state index in [2.05, 4.69) is 5.32 Å². The maximum absolute atomic E-state index is 14.3. The van der Waals surface area contributed by atoms with Gasteiger partial charge in [-0.15, -0.1) is 0 Å². The van der Waals surface area contributed by atoms with Gasteiger partial charge in [-0.2, -0.15) is 0 Å². The predicted molar refractivity (Wildman–Crippen MR) is 118 cm³/mol. The van der Waals surface area contributed by atoms with Gasteiger partial charge >= 0.3 is 6.03 Å². The van der Waals surface area contributed by atoms with Gasteiger partial charge < -0.3 is 10.2 Å². The molecule has 0 aliphatic carbocycles. The Kier molecular flexibility index (Phi) is 6.47. The highest BCUT2D eigenvalue weighted by Gasteiger charge is 2.34. The Balaban J connectivity index is 1.65. The number of hydrogen-bond acceptors (Lipinski definition) is 2. The van der Waals surface area contributed by atoms with E-state index in [1.54, 1.807) is 20.0 Å². The topological polar surface area (TPSA) is 52.7 Å². The van der Waals surface area contributed by atoms with E-state index in [4.69, 9.17) is 0 Å². The summed E-state index contributed by atoms with van der Waals surface area (Å²) >= 11 is 0. The zero-order valence-electron chi connectivity index (χ0n) is 18.7. The van der Waals surface area contributed by atoms with Gasteiger partial charge in [0.2, 0.25) is 0 Å². The maximum atomic E-state index is 14.3. The molecule has 0 radical (unpaired) electrons. The van der Waals surface area contributed by atoms with Gasteiger partial charge in [-0.25, -0.2) is 26.7 Å². The summed E-state index contributed by atoms with van der Waals surface area (Å²) in [5, 5.41) is 2.36. The first-order valence-corrected chi connectivity index (χ1v) is 10.6. The lowest BCUT2D eigenvalue weighted by Crippen LogP contribution is -2.47. The first-order valence-electron chi connectivity index (χ1n) is 10.6. The number of urea groups is 1. The maximum Gasteiger partial charge on any atom is 0.325 e. The zero-order chi connectivity index (χ0) is 25.4. The molecule has 1 N–H and O–H groups in total. The van der Waals surface area contributed by atoms with Gasteiger partial charge in [-0.05, 0) is 36.8 Å². The summed E-state index contributed by atoms with van der Waals surface area (Å²) in [6.07, 6.45) is 0. The summed E-state index contributed by atoms with van der Waals surface area (Å²) in [7, 11) is 1.55. The molecule has 1 aliphatic rings. The number of nitrogens with zero attached hydrogens (tertiary/aromatic N) is 2. The highest BCUT2D eigenvalue weighted by atomic mass is 19.2. The van der Waals surface area contributed by atoms with Gasteiger partial charge in [0, 0.05) is 42.4 Å². The van der Waals surface area contributed by atoms with Crippen LogP contribution in [0.5, 0.6) is 0 Å². The van der Waals surface area contributed by atoms with Gasteiger partial charge in [-0.1, -0.05) is 12.1 Å². The van der Waals surface area contributed by atoms with Gasteiger partial charge in [0.25, 0.3) is 5.91 Å². The van der Waals surface area contributed by atoms with E-state index in [0.29, 0.717) is 17.7 Å². The van der Waals surface area contributed by atoms with Crippen molar-refractivity contribution in [1.29, 1.82) is 0 Å². The van der Waals surface area contributed by atoms with Crippen LogP contribution in [0.4, 0.5) is 32.4 Å². The largest absolute Gasteiger partial charge is 0.348 e. The summed E-state index contributed by atoms with van der Waals surface area (Å²) < 4.78 is 69.5. The number of carbonyl (C=O) groups is 2. The molecule has 0 aromatic heterocycles. The Labute approximate surface area is 197 Å². The molecule has 3 aromatic carbocycles. The first-order chi connectivity index (χ1) is 16.6. The van der Waals surface area contributed by atoms with Crippen LogP contribution in [0.2, 0.25) is 0 Å². The van der Waals surface area contributed by atoms with E-state index in [-0.39, 0.29) is 16.8 Å². The summed E-state index contributed by atoms with van der Waals surface area (Å²) in [6, 6.07) is 7.91. The van der Waals surface area contributed by atoms with E-state index >= 15 is 0 Å². The van der Waals surface area contributed by atoms with Crippen LogP contribution in [0.15, 0.2) is 48.5 Å². The van der Waals surface area contributed by atoms with Crippen LogP contribution < -0.4 is 10.2 Å². The third-order valence-electron chi connectivity index (χ3n) is 6.06. The molecule has 5 nitrogen and oxygen atoms in total. The summed E-state index contributed by atoms with van der Waals surface area (Å²) in [6.45, 7) is 0.798. The van der Waals surface area contributed by atoms with Crippen LogP contribution in [0.1, 0.15) is 40.0 Å². The quantitative estimate of drug-likeness (QED) is 0.485. The minimum absolute atomic E-state index is 0.0511. The number of benzene rings is 3. The number of hydrogen-bond donors (Lipinski definition) is 1. The van der Waals surface area contributed by atoms with Crippen LogP contribution >= 0.6 is 0 Å². The van der Waals surface area contributed by atoms with Crippen molar-refractivity contribution in [3.05, 3.63) is 99.9 Å². The second-order valence-corrected chi connectivity index (χ2v) is 8.16. The average molecular weight is 489 g/mol. The molecule has 1 aliphatic heterocycles. The third-order valence-corrected chi connectivity index (χ3v) is 6.06. The van der Waals surface area contributed by atoms with Crippen LogP contribution in [0.25, 0.3) is 0 Å². The Morgan fingerprint density at radius 3 is 2.17 bits per heavy atom. The molecule has 4 rings (SSSR count). The van der Waals surface area contributed by atoms with E-state index in [9.17, 15) is 31.5 Å². The highest BCUT2D eigenvalue weighted by Crippen LogP contribution is 2.37. The summed E-state index contributed by atoms with van der Waals surface area (Å²) in [4.78, 5) is 28.3. The Morgan fingerprint density at radius 2 is 1.54 bits per heavy atom. The number of amides is 3. The molecule has 35 heavy (non-hydrogen) atoms. The number of fused-ring (bicyclic) bond motifs is 1. The Hall–Kier alpha value is -3.95. The zero-order valence-corrected chi connectivity index (χ0v) is 18.7. The van der Waals surface area contributed by atoms with Crippen LogP contribution in [0.3, 0.4) is 0 Å². The van der Waals surface area contributed by atoms with Crippen molar-refractivity contribution in [2.24, 2.45) is 0 Å². The molecule has 3 aromatic rings. The van der Waals surface area contributed by atoms with Gasteiger partial charge in [0.05, 0.1) is 18.3 Å². The molecule has 0 saturated carbocycles. The number of anilines is 1. The first kappa shape index (κ1) is 24.2. The molecular weight excluding hydrogens is 469 g/mol. The monoisotopic (exact) mass is 489 g/mol. The minimum atomic E-state index is -1.14. The fourth-order valence-corrected chi connectivity index (χ4v) is 3.95. The third kappa shape index (κ3) is 4.55. The molecule has 1 heterocycles. The van der Waals surface area contributed by atoms with Crippen molar-refractivity contribution in [1.82, 2.24) is 10.2 Å². The second-order valence-electron chi connectivity index (χ2n) is 8.16. The van der Waals surface area contributed by atoms with Crippen molar-refractivity contribution in [3.63, 3.8) is 0 Å². The average Bonchev–Trinajstić information content (AvgIpc) is 2.80. The van der Waals surface area contributed by atoms with Crippen molar-refractivity contribution < 1.29 is 31.5 Å². The summed E-state index contributed by atoms with van der Waals surface area (Å²) in [5.74, 6) is -5.73. The van der Waals surface area contributed by atoms with Gasteiger partial charge in [0.15, 0.2) is 0 Å². The molecule has 10 heteroatoms. The van der Waals surface area contributed by atoms with Gasteiger partial charge in [0.1, 0.15) is 29.1 Å². The standard InChI is InChI=1S/C25H20F5N3O2/c1-13-16-7-6-14(24(34)31-11-17-21(29)9-15(26)10-22(17)30)8-23(16)33(25(35)32(13)2)12-18-19(27)4-3-5-20(18)28/h3-10,13H,11-12H2,1-2H3,(H,31,34)/t13-/m0/s1. The van der Waals surface area contributed by atoms with E-state index < -0.39 is 65.7 Å². The lowest BCUT2D eigenvalue weighted by atomic mass is 9.98. The van der Waals surface area contributed by atoms with Crippen molar-refractivity contribution in [3.8, 4) is 0 Å². The second kappa shape index (κ2) is 9.36. The molecule has 0 saturated heterocycles. The van der Waals surface area contributed by atoms with Crippen LogP contribution in [0, 0.1) is 29.1 Å². The van der Waals surface area contributed by atoms with Crippen LogP contribution in [-0.2, 0) is 13.1 Å². The van der Waals surface area contributed by atoms with Crippen molar-refractivity contribution in [2.45, 2.75) is 26.1 Å². The smallest absolute Gasteiger partial charge is 0.325 e. The molecule has 0 fully saturated rings. The Morgan fingerprint density at radius 1 is 0.914 bits per heavy atom. The lowest BCUT2D eigenvalue weighted by molar-refractivity contribution is 0.0950. The SMILES string of the molecule is C[C@H]1c2ccc(C(=O)NCc3c(F)cc(F)cc3F)cc2N(Cc2c(F)cccc2F)C(=O)N1C. The molecule has 3 amide bonds. The normalized spacial score (nSPS) is 15.3. The van der Waals surface area contributed by atoms with Crippen LogP contribution in [-0.4, -0.2) is 23.9 Å². The minimum Gasteiger partial charge on any atom is -0.348 e. The predicted octanol–water partition coefficient (Wildman–Crippen LogP) is 5.45. The molecular formula is C25H20F5N3O2. The number of rotatable bonds is 5. The fraction of sp³-hybridized carbons (Fsp3) is 0.200. The number of carbonyl (C=O) groups excluding carboxylic acids is 2. The van der Waals surface area contributed by atoms with Crippen molar-refractivity contribution in [2.75, 3.05) is 11.9 Å². The van der Waals surface area contributed by atoms with E-state index in [1.165, 1.54) is 23.1 Å². The van der Waals surface area contributed by atoms with E-state index in [0.717, 1.165) is 17.0 Å². The number of nitrogens with one attached hydrogen (secondary N) is 1. The van der Waals surface area contributed by atoms with Gasteiger partial charge in [-0.3, -0.25) is 9.69 Å². The fourth-order valence-electron chi connectivity index (χ4n) is 3.95. The van der Waals surface area contributed by atoms with E-state index in [1.807, 2.05) is 0 Å². The molecule has 0 spiro atoms. The Bertz CT molecular complexity index is 1290.